The van der Waals surface area contributed by atoms with Crippen molar-refractivity contribution < 1.29 is 4.42 Å². The third-order valence-corrected chi connectivity index (χ3v) is 8.29. The van der Waals surface area contributed by atoms with Crippen molar-refractivity contribution in [2.24, 2.45) is 0 Å². The van der Waals surface area contributed by atoms with Crippen LogP contribution >= 0.6 is 0 Å². The second kappa shape index (κ2) is 5.44. The molecule has 0 N–H and O–H groups in total. The van der Waals surface area contributed by atoms with Crippen LogP contribution in [0, 0.1) is 6.92 Å². The molecule has 3 heteroatoms. The molecule has 3 aromatic rings. The molecule has 3 heterocycles. The number of fused-ring (bicyclic) bond motifs is 9. The summed E-state index contributed by atoms with van der Waals surface area (Å²) in [4.78, 5) is 5.07. The van der Waals surface area contributed by atoms with E-state index in [0.29, 0.717) is 6.17 Å². The van der Waals surface area contributed by atoms with Gasteiger partial charge in [0.05, 0.1) is 17.1 Å². The average molecular weight is 421 g/mol. The maximum absolute atomic E-state index is 6.21. The molecule has 4 aliphatic rings. The van der Waals surface area contributed by atoms with Gasteiger partial charge < -0.3 is 14.2 Å². The zero-order chi connectivity index (χ0) is 22.2. The van der Waals surface area contributed by atoms with Crippen LogP contribution in [0.2, 0.25) is 0 Å². The molecule has 0 spiro atoms. The van der Waals surface area contributed by atoms with E-state index in [-0.39, 0.29) is 10.8 Å². The average Bonchev–Trinajstić information content (AvgIpc) is 3.39. The fourth-order valence-electron chi connectivity index (χ4n) is 7.39. The predicted molar refractivity (Wildman–Crippen MR) is 132 cm³/mol. The highest BCUT2D eigenvalue weighted by Gasteiger charge is 2.48. The van der Waals surface area contributed by atoms with Crippen molar-refractivity contribution in [3.8, 4) is 0 Å². The third kappa shape index (κ3) is 2.04. The maximum Gasteiger partial charge on any atom is 0.144 e. The Hall–Kier alpha value is -3.12. The summed E-state index contributed by atoms with van der Waals surface area (Å²) in [6.45, 7) is 12.0. The van der Waals surface area contributed by atoms with Crippen molar-refractivity contribution in [3.05, 3.63) is 63.2 Å². The molecule has 32 heavy (non-hydrogen) atoms. The van der Waals surface area contributed by atoms with Gasteiger partial charge in [-0.25, -0.2) is 0 Å². The predicted octanol–water partition coefficient (Wildman–Crippen LogP) is 6.96. The van der Waals surface area contributed by atoms with E-state index in [0.717, 1.165) is 23.3 Å². The summed E-state index contributed by atoms with van der Waals surface area (Å²) < 4.78 is 6.21. The first-order valence-corrected chi connectivity index (χ1v) is 11.6. The van der Waals surface area contributed by atoms with Crippen LogP contribution in [0.25, 0.3) is 23.1 Å². The van der Waals surface area contributed by atoms with E-state index in [1.165, 1.54) is 45.6 Å². The van der Waals surface area contributed by atoms with Crippen molar-refractivity contribution in [2.45, 2.75) is 64.5 Å². The van der Waals surface area contributed by atoms with Crippen molar-refractivity contribution >= 4 is 40.2 Å². The minimum atomic E-state index is 0.188. The topological polar surface area (TPSA) is 19.6 Å². The van der Waals surface area contributed by atoms with Gasteiger partial charge in [-0.3, -0.25) is 0 Å². The van der Waals surface area contributed by atoms with Crippen LogP contribution in [-0.4, -0.2) is 13.2 Å². The normalized spacial score (nSPS) is 22.4. The van der Waals surface area contributed by atoms with Crippen LogP contribution in [0.1, 0.15) is 67.7 Å². The van der Waals surface area contributed by atoms with Crippen molar-refractivity contribution in [2.75, 3.05) is 16.8 Å². The fourth-order valence-corrected chi connectivity index (χ4v) is 7.39. The first kappa shape index (κ1) is 18.5. The molecule has 1 aromatic heterocycles. The second-order valence-corrected chi connectivity index (χ2v) is 11.3. The van der Waals surface area contributed by atoms with Gasteiger partial charge in [-0.2, -0.15) is 0 Å². The van der Waals surface area contributed by atoms with Gasteiger partial charge in [0.15, 0.2) is 0 Å². The minimum Gasteiger partial charge on any atom is -0.455 e. The Labute approximate surface area is 189 Å². The number of anilines is 3. The summed E-state index contributed by atoms with van der Waals surface area (Å²) in [5, 5.41) is 1.18. The number of hydrogen-bond donors (Lipinski definition) is 0. The summed E-state index contributed by atoms with van der Waals surface area (Å²) in [5.74, 6) is 0.885. The fraction of sp³-hybridized carbons (Fsp3) is 0.379. The van der Waals surface area contributed by atoms with Crippen LogP contribution in [0.3, 0.4) is 0 Å². The molecule has 2 aliphatic carbocycles. The standard InChI is InChI=1S/C29H28N2O/c1-16-26-20(28(2,3)15-29(26,4)5)13-22-27(16)30(6)25-12-17-11-19-18-9-7-8-10-23(18)32-24(19)14-21(17)31(22)25/h9-11,13-14,25H,12,15H2,1-6H3. The maximum atomic E-state index is 6.21. The molecular weight excluding hydrogens is 392 g/mol. The largest absolute Gasteiger partial charge is 0.455 e. The summed E-state index contributed by atoms with van der Waals surface area (Å²) in [6, 6.07) is 7.10. The number of rotatable bonds is 0. The Morgan fingerprint density at radius 3 is 2.59 bits per heavy atom. The molecule has 1 unspecified atom stereocenters. The van der Waals surface area contributed by atoms with Crippen LogP contribution in [0.15, 0.2) is 34.1 Å². The monoisotopic (exact) mass is 420 g/mol. The van der Waals surface area contributed by atoms with Gasteiger partial charge in [0.2, 0.25) is 0 Å². The third-order valence-electron chi connectivity index (χ3n) is 8.29. The van der Waals surface area contributed by atoms with E-state index >= 15 is 0 Å². The van der Waals surface area contributed by atoms with E-state index in [2.05, 4.69) is 81.1 Å². The van der Waals surface area contributed by atoms with Crippen LogP contribution in [0.4, 0.5) is 17.1 Å². The van der Waals surface area contributed by atoms with E-state index in [9.17, 15) is 0 Å². The number of hydrogen-bond acceptors (Lipinski definition) is 3. The Morgan fingerprint density at radius 2 is 1.78 bits per heavy atom. The molecule has 7 rings (SSSR count). The molecule has 3 nitrogen and oxygen atoms in total. The molecule has 160 valence electrons. The lowest BCUT2D eigenvalue weighted by Crippen LogP contribution is -2.36. The van der Waals surface area contributed by atoms with Crippen molar-refractivity contribution in [1.82, 2.24) is 0 Å². The minimum absolute atomic E-state index is 0.188. The van der Waals surface area contributed by atoms with Crippen LogP contribution in [-0.2, 0) is 17.3 Å². The first-order valence-electron chi connectivity index (χ1n) is 11.6. The van der Waals surface area contributed by atoms with Crippen molar-refractivity contribution in [3.63, 3.8) is 0 Å². The Bertz CT molecular complexity index is 1490. The van der Waals surface area contributed by atoms with Gasteiger partial charge in [0.1, 0.15) is 17.5 Å². The van der Waals surface area contributed by atoms with E-state index < -0.39 is 0 Å². The van der Waals surface area contributed by atoms with Gasteiger partial charge >= 0.3 is 0 Å². The van der Waals surface area contributed by atoms with Gasteiger partial charge in [-0.05, 0) is 58.6 Å². The lowest BCUT2D eigenvalue weighted by molar-refractivity contribution is 0.402. The summed E-state index contributed by atoms with van der Waals surface area (Å²) >= 11 is 0. The lowest BCUT2D eigenvalue weighted by atomic mass is 9.81. The summed E-state index contributed by atoms with van der Waals surface area (Å²) in [5.41, 5.74) is 18.6. The zero-order valence-electron chi connectivity index (χ0n) is 19.7. The lowest BCUT2D eigenvalue weighted by Gasteiger charge is -2.26. The zero-order valence-corrected chi connectivity index (χ0v) is 19.7. The van der Waals surface area contributed by atoms with E-state index in [1.54, 1.807) is 5.56 Å². The molecule has 2 aromatic carbocycles. The van der Waals surface area contributed by atoms with Gasteiger partial charge in [0, 0.05) is 42.6 Å². The molecule has 0 bridgehead atoms. The highest BCUT2D eigenvalue weighted by Crippen LogP contribution is 2.59. The van der Waals surface area contributed by atoms with Gasteiger partial charge in [-0.15, -0.1) is 0 Å². The van der Waals surface area contributed by atoms with Gasteiger partial charge in [0.25, 0.3) is 0 Å². The highest BCUT2D eigenvalue weighted by molar-refractivity contribution is 5.98. The molecule has 0 fully saturated rings. The number of benzene rings is 2. The molecule has 2 aliphatic heterocycles. The smallest absolute Gasteiger partial charge is 0.144 e. The van der Waals surface area contributed by atoms with Crippen molar-refractivity contribution in [1.29, 1.82) is 0 Å². The highest BCUT2D eigenvalue weighted by atomic mass is 16.3. The van der Waals surface area contributed by atoms with E-state index in [1.807, 2.05) is 12.2 Å². The Morgan fingerprint density at radius 1 is 1.00 bits per heavy atom. The molecule has 0 amide bonds. The molecule has 0 radical (unpaired) electrons. The SMILES string of the molecule is Cc1c2c(cc3c1C(C)(C)CC3(C)C)N1c3cc4oc5c(c4cc3CC1N2C)C=C=C=C5. The summed E-state index contributed by atoms with van der Waals surface area (Å²) in [7, 11) is 2.27. The van der Waals surface area contributed by atoms with Gasteiger partial charge in [-0.1, -0.05) is 39.2 Å². The Kier molecular flexibility index (Phi) is 3.13. The van der Waals surface area contributed by atoms with E-state index in [4.69, 9.17) is 4.42 Å². The summed E-state index contributed by atoms with van der Waals surface area (Å²) in [6.07, 6.45) is 6.41. The first-order chi connectivity index (χ1) is 15.2. The quantitative estimate of drug-likeness (QED) is 0.287. The molecular formula is C29H28N2O. The molecule has 1 atom stereocenters. The number of nitrogens with zero attached hydrogens (tertiary/aromatic N) is 2. The second-order valence-electron chi connectivity index (χ2n) is 11.3. The molecule has 0 saturated carbocycles. The number of likely N-dealkylation sites (N-methyl/N-ethyl adjacent to an activating group) is 1. The molecule has 0 saturated heterocycles. The number of furan rings is 1. The van der Waals surface area contributed by atoms with Crippen LogP contribution < -0.4 is 9.80 Å². The van der Waals surface area contributed by atoms with Crippen LogP contribution in [0.5, 0.6) is 0 Å². The Balaban J connectivity index is 1.46.